The van der Waals surface area contributed by atoms with Gasteiger partial charge in [0.15, 0.2) is 0 Å². The zero-order valence-electron chi connectivity index (χ0n) is 27.7. The number of rotatable bonds is 16. The fourth-order valence-electron chi connectivity index (χ4n) is 5.24. The van der Waals surface area contributed by atoms with E-state index in [4.69, 9.17) is 5.73 Å². The summed E-state index contributed by atoms with van der Waals surface area (Å²) < 4.78 is 0. The van der Waals surface area contributed by atoms with Gasteiger partial charge in [-0.1, -0.05) is 68.7 Å². The molecule has 1 fully saturated rings. The third-order valence-corrected chi connectivity index (χ3v) is 7.62. The number of unbranched alkanes of at least 4 members (excludes halogenated alkanes) is 1. The number of hydrogen-bond acceptors (Lipinski definition) is 6. The lowest BCUT2D eigenvalue weighted by Gasteiger charge is -2.36. The van der Waals surface area contributed by atoms with Gasteiger partial charge in [-0.2, -0.15) is 0 Å². The molecule has 43 heavy (non-hydrogen) atoms. The largest absolute Gasteiger partial charge is 0.363 e. The molecule has 1 rings (SSSR count). The smallest absolute Gasteiger partial charge is 0.316 e. The Morgan fingerprint density at radius 3 is 2.05 bits per heavy atom. The maximum atomic E-state index is 13.9. The van der Waals surface area contributed by atoms with Gasteiger partial charge in [0.1, 0.15) is 18.1 Å². The Bertz CT molecular complexity index is 992. The Morgan fingerprint density at radius 2 is 1.56 bits per heavy atom. The van der Waals surface area contributed by atoms with Crippen LogP contribution in [0, 0.1) is 17.3 Å². The van der Waals surface area contributed by atoms with E-state index in [-0.39, 0.29) is 24.2 Å². The van der Waals surface area contributed by atoms with Crippen molar-refractivity contribution in [1.29, 1.82) is 0 Å². The minimum absolute atomic E-state index is 0.00476. The van der Waals surface area contributed by atoms with Crippen LogP contribution in [0.2, 0.25) is 0 Å². The molecule has 0 bridgehead atoms. The fraction of sp³-hybridized carbons (Fsp3) is 0.806. The molecule has 5 N–H and O–H groups in total. The topological polar surface area (TPSA) is 171 Å². The van der Waals surface area contributed by atoms with Crippen molar-refractivity contribution >= 4 is 35.4 Å². The van der Waals surface area contributed by atoms with E-state index in [2.05, 4.69) is 22.9 Å². The van der Waals surface area contributed by atoms with Gasteiger partial charge in [-0.25, -0.2) is 4.79 Å². The van der Waals surface area contributed by atoms with Crippen LogP contribution in [0.15, 0.2) is 0 Å². The molecule has 0 radical (unpaired) electrons. The van der Waals surface area contributed by atoms with Crippen molar-refractivity contribution in [1.82, 2.24) is 25.8 Å². The third-order valence-electron chi connectivity index (χ3n) is 7.62. The Kier molecular flexibility index (Phi) is 15.1. The number of ketones is 1. The average molecular weight is 609 g/mol. The van der Waals surface area contributed by atoms with E-state index in [9.17, 15) is 28.8 Å². The van der Waals surface area contributed by atoms with Crippen LogP contribution in [-0.2, 0) is 24.0 Å². The van der Waals surface area contributed by atoms with Gasteiger partial charge in [-0.15, -0.1) is 0 Å². The molecule has 0 spiro atoms. The highest BCUT2D eigenvalue weighted by atomic mass is 16.2. The second-order valence-corrected chi connectivity index (χ2v) is 13.4. The van der Waals surface area contributed by atoms with Crippen LogP contribution in [0.4, 0.5) is 4.79 Å². The van der Waals surface area contributed by atoms with E-state index in [0.29, 0.717) is 32.5 Å². The molecule has 12 heteroatoms. The predicted molar refractivity (Wildman–Crippen MR) is 166 cm³/mol. The van der Waals surface area contributed by atoms with E-state index in [1.165, 1.54) is 4.90 Å². The lowest BCUT2D eigenvalue weighted by Crippen LogP contribution is -2.61. The van der Waals surface area contributed by atoms with Gasteiger partial charge in [-0.3, -0.25) is 24.0 Å². The summed E-state index contributed by atoms with van der Waals surface area (Å²) in [7, 11) is 0. The Morgan fingerprint density at radius 1 is 0.930 bits per heavy atom. The number of carbonyl (C=O) groups excluding carboxylic acids is 6. The first kappa shape index (κ1) is 37.8. The van der Waals surface area contributed by atoms with Crippen molar-refractivity contribution in [2.75, 3.05) is 19.6 Å². The normalized spacial score (nSPS) is 17.3. The number of nitrogens with one attached hydrogen (secondary N) is 3. The molecule has 246 valence electrons. The highest BCUT2D eigenvalue weighted by Gasteiger charge is 2.43. The summed E-state index contributed by atoms with van der Waals surface area (Å²) in [5.41, 5.74) is 4.47. The summed E-state index contributed by atoms with van der Waals surface area (Å²) in [6, 6.07) is -4.38. The number of carbonyl (C=O) groups is 6. The van der Waals surface area contributed by atoms with E-state index in [1.54, 1.807) is 4.90 Å². The van der Waals surface area contributed by atoms with Gasteiger partial charge < -0.3 is 31.5 Å². The number of likely N-dealkylation sites (tertiary alicyclic amines) is 1. The molecular weight excluding hydrogens is 552 g/mol. The second-order valence-electron chi connectivity index (χ2n) is 13.4. The first-order chi connectivity index (χ1) is 20.0. The highest BCUT2D eigenvalue weighted by molar-refractivity contribution is 6.37. The standard InChI is InChI=1S/C31H56N6O6/c1-10-12-16-36(15-11-2)28(41)23(20(5)6)34-30(43)35-25(31(7,8)9)29(42)37-17-13-14-22(37)27(40)33-21(18-19(3)4)24(38)26(32)39/h19-23,25H,10-18H2,1-9H3,(H2,32,39)(H,33,40)(H2,34,35,43)/t21?,22-,23?,25?/m0/s1. The molecule has 1 aliphatic rings. The van der Waals surface area contributed by atoms with Crippen LogP contribution >= 0.6 is 0 Å². The molecular formula is C31H56N6O6. The van der Waals surface area contributed by atoms with Crippen LogP contribution in [0.5, 0.6) is 0 Å². The molecule has 6 amide bonds. The summed E-state index contributed by atoms with van der Waals surface area (Å²) >= 11 is 0. The number of nitrogens with two attached hydrogens (primary N) is 1. The van der Waals surface area contributed by atoms with Gasteiger partial charge in [0.2, 0.25) is 23.5 Å². The number of primary amides is 1. The zero-order valence-corrected chi connectivity index (χ0v) is 27.7. The van der Waals surface area contributed by atoms with Crippen LogP contribution < -0.4 is 21.7 Å². The fourth-order valence-corrected chi connectivity index (χ4v) is 5.24. The maximum absolute atomic E-state index is 13.9. The number of urea groups is 1. The van der Waals surface area contributed by atoms with E-state index in [0.717, 1.165) is 19.3 Å². The summed E-state index contributed by atoms with van der Waals surface area (Å²) in [5.74, 6) is -3.33. The maximum Gasteiger partial charge on any atom is 0.316 e. The Hall–Kier alpha value is -3.18. The first-order valence-electron chi connectivity index (χ1n) is 15.8. The van der Waals surface area contributed by atoms with Gasteiger partial charge in [0, 0.05) is 19.6 Å². The number of amides is 6. The minimum Gasteiger partial charge on any atom is -0.363 e. The average Bonchev–Trinajstić information content (AvgIpc) is 3.40. The molecule has 3 unspecified atom stereocenters. The van der Waals surface area contributed by atoms with Crippen molar-refractivity contribution in [2.24, 2.45) is 23.0 Å². The van der Waals surface area contributed by atoms with Gasteiger partial charge >= 0.3 is 6.03 Å². The summed E-state index contributed by atoms with van der Waals surface area (Å²) in [6.07, 6.45) is 3.76. The van der Waals surface area contributed by atoms with Crippen molar-refractivity contribution in [3.8, 4) is 0 Å². The van der Waals surface area contributed by atoms with Crippen LogP contribution in [0.1, 0.15) is 101 Å². The van der Waals surface area contributed by atoms with Crippen molar-refractivity contribution in [3.05, 3.63) is 0 Å². The SMILES string of the molecule is CCCCN(CCC)C(=O)C(NC(=O)NC(C(=O)N1CCC[C@H]1C(=O)NC(CC(C)C)C(=O)C(N)=O)C(C)(C)C)C(C)C. The molecule has 0 aromatic rings. The molecule has 1 aliphatic heterocycles. The van der Waals surface area contributed by atoms with E-state index >= 15 is 0 Å². The molecule has 12 nitrogen and oxygen atoms in total. The minimum atomic E-state index is -1.13. The monoisotopic (exact) mass is 608 g/mol. The predicted octanol–water partition coefficient (Wildman–Crippen LogP) is 2.34. The molecule has 1 heterocycles. The zero-order chi connectivity index (χ0) is 33.1. The van der Waals surface area contributed by atoms with Gasteiger partial charge in [0.05, 0.1) is 6.04 Å². The van der Waals surface area contributed by atoms with Crippen molar-refractivity contribution in [3.63, 3.8) is 0 Å². The van der Waals surface area contributed by atoms with E-state index in [1.807, 2.05) is 55.4 Å². The Labute approximate surface area is 257 Å². The molecule has 0 aliphatic carbocycles. The lowest BCUT2D eigenvalue weighted by molar-refractivity contribution is -0.143. The van der Waals surface area contributed by atoms with Crippen molar-refractivity contribution in [2.45, 2.75) is 125 Å². The third kappa shape index (κ3) is 11.4. The summed E-state index contributed by atoms with van der Waals surface area (Å²) in [5, 5.41) is 8.23. The number of hydrogen-bond donors (Lipinski definition) is 4. The lowest BCUT2D eigenvalue weighted by atomic mass is 9.85. The van der Waals surface area contributed by atoms with Crippen LogP contribution in [-0.4, -0.2) is 89.0 Å². The first-order valence-corrected chi connectivity index (χ1v) is 15.8. The van der Waals surface area contributed by atoms with Gasteiger partial charge in [0.25, 0.3) is 5.91 Å². The highest BCUT2D eigenvalue weighted by Crippen LogP contribution is 2.26. The molecule has 4 atom stereocenters. The molecule has 0 saturated carbocycles. The quantitative estimate of drug-likeness (QED) is 0.196. The summed E-state index contributed by atoms with van der Waals surface area (Å²) in [6.45, 7) is 18.4. The number of nitrogens with zero attached hydrogens (tertiary/aromatic N) is 2. The second kappa shape index (κ2) is 17.2. The van der Waals surface area contributed by atoms with Crippen LogP contribution in [0.25, 0.3) is 0 Å². The van der Waals surface area contributed by atoms with Crippen LogP contribution in [0.3, 0.4) is 0 Å². The molecule has 1 saturated heterocycles. The molecule has 0 aromatic heterocycles. The number of Topliss-reactive ketones (excluding diaryl/α,β-unsaturated/α-hetero) is 1. The van der Waals surface area contributed by atoms with Gasteiger partial charge in [-0.05, 0) is 49.4 Å². The van der Waals surface area contributed by atoms with Crippen molar-refractivity contribution < 1.29 is 28.8 Å². The Balaban J connectivity index is 3.14. The molecule has 0 aromatic carbocycles. The van der Waals surface area contributed by atoms with E-state index < -0.39 is 59.1 Å². The summed E-state index contributed by atoms with van der Waals surface area (Å²) in [4.78, 5) is 81.1.